The molecule has 1 heterocycles. The summed E-state index contributed by atoms with van der Waals surface area (Å²) in [7, 11) is -3.27. The Bertz CT molecular complexity index is 811. The first kappa shape index (κ1) is 18.2. The normalized spacial score (nSPS) is 25.1. The molecule has 0 unspecified atom stereocenters. The number of hydrogen-bond donors (Lipinski definition) is 0. The van der Waals surface area contributed by atoms with Crippen LogP contribution in [0.3, 0.4) is 0 Å². The van der Waals surface area contributed by atoms with Gasteiger partial charge in [-0.2, -0.15) is 0 Å². The SMILES string of the molecule is CCCC[C@]1(CC)C[C@H](c2ccccc2)c2ccccc2S(=O)(=O)C1. The van der Waals surface area contributed by atoms with Gasteiger partial charge in [-0.25, -0.2) is 8.42 Å². The van der Waals surface area contributed by atoms with Crippen molar-refractivity contribution in [3.63, 3.8) is 0 Å². The van der Waals surface area contributed by atoms with Crippen LogP contribution in [-0.4, -0.2) is 14.2 Å². The number of rotatable bonds is 5. The monoisotopic (exact) mass is 356 g/mol. The molecule has 0 N–H and O–H groups in total. The second-order valence-electron chi connectivity index (χ2n) is 7.42. The molecule has 0 amide bonds. The van der Waals surface area contributed by atoms with E-state index in [0.29, 0.717) is 4.90 Å². The second kappa shape index (κ2) is 7.33. The maximum absolute atomic E-state index is 13.2. The Kier molecular flexibility index (Phi) is 5.33. The third-order valence-electron chi connectivity index (χ3n) is 5.78. The highest BCUT2D eigenvalue weighted by Crippen LogP contribution is 2.48. The minimum Gasteiger partial charge on any atom is -0.224 e. The highest BCUT2D eigenvalue weighted by molar-refractivity contribution is 7.91. The largest absolute Gasteiger partial charge is 0.224 e. The summed E-state index contributed by atoms with van der Waals surface area (Å²) in [6.45, 7) is 4.33. The first-order valence-corrected chi connectivity index (χ1v) is 11.0. The van der Waals surface area contributed by atoms with Gasteiger partial charge in [0.05, 0.1) is 10.6 Å². The minimum absolute atomic E-state index is 0.144. The van der Waals surface area contributed by atoms with Crippen molar-refractivity contribution in [2.24, 2.45) is 5.41 Å². The molecular weight excluding hydrogens is 328 g/mol. The summed E-state index contributed by atoms with van der Waals surface area (Å²) in [5.74, 6) is 0.420. The fourth-order valence-electron chi connectivity index (χ4n) is 4.27. The van der Waals surface area contributed by atoms with Crippen LogP contribution in [0, 0.1) is 5.41 Å². The van der Waals surface area contributed by atoms with Crippen LogP contribution < -0.4 is 0 Å². The standard InChI is InChI=1S/C22H28O2S/c1-3-5-15-22(4-2)16-20(18-11-7-6-8-12-18)19-13-9-10-14-21(19)25(23,24)17-22/h6-14,20H,3-5,15-17H2,1-2H3/t20-,22-/m1/s1. The number of sulfone groups is 1. The minimum atomic E-state index is -3.27. The molecule has 0 aliphatic carbocycles. The highest BCUT2D eigenvalue weighted by atomic mass is 32.2. The molecule has 3 heteroatoms. The van der Waals surface area contributed by atoms with Gasteiger partial charge in [-0.05, 0) is 41.9 Å². The highest BCUT2D eigenvalue weighted by Gasteiger charge is 2.41. The molecule has 1 aliphatic rings. The third kappa shape index (κ3) is 3.67. The van der Waals surface area contributed by atoms with Crippen LogP contribution in [0.25, 0.3) is 0 Å². The molecule has 0 radical (unpaired) electrons. The van der Waals surface area contributed by atoms with E-state index in [-0.39, 0.29) is 17.1 Å². The number of unbranched alkanes of at least 4 members (excludes halogenated alkanes) is 1. The van der Waals surface area contributed by atoms with Crippen molar-refractivity contribution in [2.45, 2.75) is 56.8 Å². The van der Waals surface area contributed by atoms with Crippen LogP contribution in [-0.2, 0) is 9.84 Å². The average Bonchev–Trinajstić information content (AvgIpc) is 2.74. The van der Waals surface area contributed by atoms with Gasteiger partial charge in [-0.1, -0.05) is 75.2 Å². The van der Waals surface area contributed by atoms with Crippen LogP contribution in [0.1, 0.15) is 63.0 Å². The van der Waals surface area contributed by atoms with Crippen molar-refractivity contribution in [2.75, 3.05) is 5.75 Å². The Hall–Kier alpha value is -1.61. The molecule has 134 valence electrons. The fraction of sp³-hybridized carbons (Fsp3) is 0.455. The summed E-state index contributed by atoms with van der Waals surface area (Å²) in [5.41, 5.74) is 2.05. The summed E-state index contributed by atoms with van der Waals surface area (Å²) >= 11 is 0. The molecule has 0 aromatic heterocycles. The molecule has 0 fully saturated rings. The molecule has 1 aliphatic heterocycles. The topological polar surface area (TPSA) is 34.1 Å². The maximum atomic E-state index is 13.2. The molecule has 2 aromatic carbocycles. The van der Waals surface area contributed by atoms with Gasteiger partial charge in [0, 0.05) is 5.92 Å². The maximum Gasteiger partial charge on any atom is 0.179 e. The zero-order valence-electron chi connectivity index (χ0n) is 15.2. The Balaban J connectivity index is 2.17. The van der Waals surface area contributed by atoms with Crippen molar-refractivity contribution >= 4 is 9.84 Å². The summed E-state index contributed by atoms with van der Waals surface area (Å²) in [6.07, 6.45) is 4.98. The lowest BCUT2D eigenvalue weighted by Crippen LogP contribution is -2.29. The lowest BCUT2D eigenvalue weighted by molar-refractivity contribution is 0.247. The summed E-state index contributed by atoms with van der Waals surface area (Å²) < 4.78 is 26.4. The molecule has 0 bridgehead atoms. The van der Waals surface area contributed by atoms with E-state index >= 15 is 0 Å². The van der Waals surface area contributed by atoms with Crippen molar-refractivity contribution in [1.82, 2.24) is 0 Å². The first-order chi connectivity index (χ1) is 12.0. The number of fused-ring (bicyclic) bond motifs is 1. The van der Waals surface area contributed by atoms with E-state index in [9.17, 15) is 8.42 Å². The zero-order valence-corrected chi connectivity index (χ0v) is 16.1. The van der Waals surface area contributed by atoms with Crippen LogP contribution in [0.15, 0.2) is 59.5 Å². The van der Waals surface area contributed by atoms with E-state index in [1.807, 2.05) is 24.3 Å². The molecule has 0 saturated heterocycles. The van der Waals surface area contributed by atoms with E-state index in [0.717, 1.165) is 37.7 Å². The van der Waals surface area contributed by atoms with Crippen molar-refractivity contribution < 1.29 is 8.42 Å². The lowest BCUT2D eigenvalue weighted by atomic mass is 9.71. The Morgan fingerprint density at radius 1 is 1.00 bits per heavy atom. The lowest BCUT2D eigenvalue weighted by Gasteiger charge is -2.34. The third-order valence-corrected chi connectivity index (χ3v) is 7.81. The van der Waals surface area contributed by atoms with Crippen LogP contribution in [0.5, 0.6) is 0 Å². The molecule has 0 saturated carbocycles. The Labute approximate surface area is 152 Å². The van der Waals surface area contributed by atoms with E-state index in [1.165, 1.54) is 5.56 Å². The molecule has 2 aromatic rings. The van der Waals surface area contributed by atoms with E-state index in [1.54, 1.807) is 6.07 Å². The van der Waals surface area contributed by atoms with Gasteiger partial charge in [-0.15, -0.1) is 0 Å². The van der Waals surface area contributed by atoms with Crippen LogP contribution >= 0.6 is 0 Å². The van der Waals surface area contributed by atoms with E-state index in [4.69, 9.17) is 0 Å². The summed E-state index contributed by atoms with van der Waals surface area (Å²) in [5, 5.41) is 0. The van der Waals surface area contributed by atoms with Gasteiger partial charge in [0.2, 0.25) is 0 Å². The second-order valence-corrected chi connectivity index (χ2v) is 9.38. The molecule has 25 heavy (non-hydrogen) atoms. The van der Waals surface area contributed by atoms with Gasteiger partial charge in [-0.3, -0.25) is 0 Å². The predicted molar refractivity (Wildman–Crippen MR) is 104 cm³/mol. The first-order valence-electron chi connectivity index (χ1n) is 9.38. The smallest absolute Gasteiger partial charge is 0.179 e. The van der Waals surface area contributed by atoms with Crippen LogP contribution in [0.2, 0.25) is 0 Å². The quantitative estimate of drug-likeness (QED) is 0.700. The Morgan fingerprint density at radius 3 is 2.36 bits per heavy atom. The van der Waals surface area contributed by atoms with Crippen molar-refractivity contribution in [1.29, 1.82) is 0 Å². The molecular formula is C22H28O2S. The van der Waals surface area contributed by atoms with Gasteiger partial charge in [0.15, 0.2) is 9.84 Å². The molecule has 2 nitrogen and oxygen atoms in total. The molecule has 2 atom stereocenters. The van der Waals surface area contributed by atoms with E-state index in [2.05, 4.69) is 38.1 Å². The fourth-order valence-corrected chi connectivity index (χ4v) is 6.55. The van der Waals surface area contributed by atoms with Gasteiger partial charge < -0.3 is 0 Å². The zero-order chi connectivity index (χ0) is 17.9. The van der Waals surface area contributed by atoms with Gasteiger partial charge in [0.1, 0.15) is 0 Å². The van der Waals surface area contributed by atoms with Gasteiger partial charge >= 0.3 is 0 Å². The van der Waals surface area contributed by atoms with Gasteiger partial charge in [0.25, 0.3) is 0 Å². The molecule has 0 spiro atoms. The average molecular weight is 357 g/mol. The van der Waals surface area contributed by atoms with Crippen molar-refractivity contribution in [3.8, 4) is 0 Å². The summed E-state index contributed by atoms with van der Waals surface area (Å²) in [6, 6.07) is 18.0. The van der Waals surface area contributed by atoms with E-state index < -0.39 is 9.84 Å². The Morgan fingerprint density at radius 2 is 1.68 bits per heavy atom. The van der Waals surface area contributed by atoms with Crippen molar-refractivity contribution in [3.05, 3.63) is 65.7 Å². The predicted octanol–water partition coefficient (Wildman–Crippen LogP) is 5.58. The molecule has 3 rings (SSSR count). The summed E-state index contributed by atoms with van der Waals surface area (Å²) in [4.78, 5) is 0.538. The number of benzene rings is 2. The van der Waals surface area contributed by atoms with Crippen LogP contribution in [0.4, 0.5) is 0 Å². The number of hydrogen-bond acceptors (Lipinski definition) is 2.